The van der Waals surface area contributed by atoms with E-state index < -0.39 is 53.2 Å². The van der Waals surface area contributed by atoms with Gasteiger partial charge in [-0.15, -0.1) is 0 Å². The first-order valence-electron chi connectivity index (χ1n) is 8.16. The molecule has 0 radical (unpaired) electrons. The van der Waals surface area contributed by atoms with Crippen LogP contribution in [0.5, 0.6) is 5.75 Å². The number of ether oxygens (including phenoxy) is 2. The van der Waals surface area contributed by atoms with Crippen molar-refractivity contribution in [2.24, 2.45) is 0 Å². The smallest absolute Gasteiger partial charge is 0.735 e. The average Bonchev–Trinajstić information content (AvgIpc) is 2.59. The van der Waals surface area contributed by atoms with E-state index in [0.717, 1.165) is 0 Å². The second kappa shape index (κ2) is 9.39. The van der Waals surface area contributed by atoms with Crippen LogP contribution in [0, 0.1) is 6.92 Å². The van der Waals surface area contributed by atoms with Crippen LogP contribution in [-0.4, -0.2) is 65.5 Å². The van der Waals surface area contributed by atoms with E-state index in [2.05, 4.69) is 0 Å². The first-order chi connectivity index (χ1) is 13.1. The molecule has 4 N–H and O–H groups in total. The molecule has 0 amide bonds. The predicted molar refractivity (Wildman–Crippen MR) is 92.2 cm³/mol. The Morgan fingerprint density at radius 1 is 1.24 bits per heavy atom. The summed E-state index contributed by atoms with van der Waals surface area (Å²) in [6.45, 7) is 1.02. The van der Waals surface area contributed by atoms with Crippen molar-refractivity contribution in [2.45, 2.75) is 37.6 Å². The van der Waals surface area contributed by atoms with E-state index in [-0.39, 0.29) is 40.9 Å². The zero-order chi connectivity index (χ0) is 20.6. The molecule has 1 aromatic heterocycles. The normalized spacial score (nSPS) is 27.4. The molecule has 0 saturated carbocycles. The van der Waals surface area contributed by atoms with Gasteiger partial charge in [-0.25, -0.2) is 17.9 Å². The second-order valence-electron chi connectivity index (χ2n) is 6.33. The van der Waals surface area contributed by atoms with Crippen LogP contribution in [0.15, 0.2) is 33.5 Å². The fourth-order valence-electron chi connectivity index (χ4n) is 2.99. The topological polar surface area (TPSA) is 179 Å². The largest absolute Gasteiger partial charge is 1.00 e. The third-order valence-electron chi connectivity index (χ3n) is 4.34. The summed E-state index contributed by atoms with van der Waals surface area (Å²) in [7, 11) is -5.03. The van der Waals surface area contributed by atoms with Crippen molar-refractivity contribution in [3.63, 3.8) is 0 Å². The monoisotopic (exact) mass is 439 g/mol. The van der Waals surface area contributed by atoms with Gasteiger partial charge in [0.2, 0.25) is 6.29 Å². The number of aryl methyl sites for hydroxylation is 1. The Morgan fingerprint density at radius 2 is 1.93 bits per heavy atom. The van der Waals surface area contributed by atoms with Gasteiger partial charge in [0.05, 0.1) is 6.61 Å². The van der Waals surface area contributed by atoms with Crippen molar-refractivity contribution in [3.05, 3.63) is 40.2 Å². The SMILES string of the molecule is Cc1cc(=O)oc2cc(O[C@H]3OC(CO)[C@@H](O)C(O)C3NS(=O)(=O)[O-])ccc12.[Na+]. The van der Waals surface area contributed by atoms with E-state index in [4.69, 9.17) is 13.9 Å². The number of hydrogen-bond donors (Lipinski definition) is 4. The van der Waals surface area contributed by atoms with Gasteiger partial charge >= 0.3 is 35.2 Å². The van der Waals surface area contributed by atoms with Gasteiger partial charge in [-0.1, -0.05) is 0 Å². The molecule has 29 heavy (non-hydrogen) atoms. The summed E-state index contributed by atoms with van der Waals surface area (Å²) in [5.41, 5.74) is 0.285. The molecule has 11 nitrogen and oxygen atoms in total. The molecule has 1 aromatic carbocycles. The molecule has 1 saturated heterocycles. The van der Waals surface area contributed by atoms with E-state index >= 15 is 0 Å². The van der Waals surface area contributed by atoms with Crippen LogP contribution < -0.4 is 44.6 Å². The number of hydrogen-bond acceptors (Lipinski definition) is 10. The van der Waals surface area contributed by atoms with Gasteiger partial charge in [-0.3, -0.25) is 0 Å². The quantitative estimate of drug-likeness (QED) is 0.201. The molecule has 1 aliphatic heterocycles. The molecule has 1 aliphatic rings. The molecule has 154 valence electrons. The predicted octanol–water partition coefficient (Wildman–Crippen LogP) is -4.66. The Labute approximate surface area is 187 Å². The minimum atomic E-state index is -5.03. The number of benzene rings is 1. The first-order valence-corrected chi connectivity index (χ1v) is 9.56. The number of nitrogens with one attached hydrogen (secondary N) is 1. The molecule has 2 aromatic rings. The summed E-state index contributed by atoms with van der Waals surface area (Å²) in [5.74, 6) is 0.0710. The third-order valence-corrected chi connectivity index (χ3v) is 4.90. The van der Waals surface area contributed by atoms with Crippen LogP contribution in [0.25, 0.3) is 11.0 Å². The maximum Gasteiger partial charge on any atom is 1.00 e. The van der Waals surface area contributed by atoms with Crippen molar-refractivity contribution in [2.75, 3.05) is 6.61 Å². The van der Waals surface area contributed by atoms with Crippen molar-refractivity contribution >= 4 is 21.3 Å². The Hall–Kier alpha value is -1.06. The molecular weight excluding hydrogens is 421 g/mol. The Balaban J connectivity index is 0.00000300. The van der Waals surface area contributed by atoms with E-state index in [9.17, 15) is 33.1 Å². The van der Waals surface area contributed by atoms with Gasteiger partial charge in [-0.2, -0.15) is 0 Å². The molecular formula is C16H18NNaO10S. The average molecular weight is 439 g/mol. The first kappa shape index (κ1) is 24.2. The fourth-order valence-corrected chi connectivity index (χ4v) is 3.57. The number of aliphatic hydroxyl groups is 3. The molecule has 0 bridgehead atoms. The second-order valence-corrected chi connectivity index (χ2v) is 7.47. The van der Waals surface area contributed by atoms with Crippen LogP contribution in [0.4, 0.5) is 0 Å². The van der Waals surface area contributed by atoms with Crippen LogP contribution in [0.2, 0.25) is 0 Å². The summed E-state index contributed by atoms with van der Waals surface area (Å²) in [6.07, 6.45) is -6.30. The number of aliphatic hydroxyl groups excluding tert-OH is 3. The van der Waals surface area contributed by atoms with Crippen molar-refractivity contribution in [1.82, 2.24) is 4.72 Å². The maximum absolute atomic E-state index is 11.5. The van der Waals surface area contributed by atoms with Crippen molar-refractivity contribution in [1.29, 1.82) is 0 Å². The Bertz CT molecular complexity index is 1030. The maximum atomic E-state index is 11.5. The standard InChI is InChI=1S/C16H19NO10S.Na/c1-7-4-12(19)26-10-5-8(2-3-9(7)10)25-16-13(17-28(22,23)24)15(21)14(20)11(6-18)27-16;/h2-5,11,13-18,20-21H,6H2,1H3,(H,22,23,24);/q;+1/p-1/t11?,13?,14-,15?,16+;/m1./s1. The summed E-state index contributed by atoms with van der Waals surface area (Å²) in [4.78, 5) is 11.5. The van der Waals surface area contributed by atoms with Crippen LogP contribution >= 0.6 is 0 Å². The van der Waals surface area contributed by atoms with E-state index in [1.807, 2.05) is 0 Å². The summed E-state index contributed by atoms with van der Waals surface area (Å²) in [5, 5.41) is 30.0. The summed E-state index contributed by atoms with van der Waals surface area (Å²) in [6, 6.07) is 4.08. The number of rotatable bonds is 5. The van der Waals surface area contributed by atoms with Crippen LogP contribution in [0.1, 0.15) is 5.56 Å². The Kier molecular flexibility index (Phi) is 7.84. The minimum absolute atomic E-state index is 0. The zero-order valence-electron chi connectivity index (χ0n) is 15.5. The molecule has 0 aliphatic carbocycles. The van der Waals surface area contributed by atoms with Gasteiger partial charge in [0.15, 0.2) is 10.3 Å². The molecule has 3 rings (SSSR count). The Morgan fingerprint density at radius 3 is 2.55 bits per heavy atom. The van der Waals surface area contributed by atoms with Gasteiger partial charge in [0.25, 0.3) is 0 Å². The molecule has 13 heteroatoms. The third kappa shape index (κ3) is 5.55. The summed E-state index contributed by atoms with van der Waals surface area (Å²) >= 11 is 0. The van der Waals surface area contributed by atoms with Crippen LogP contribution in [-0.2, 0) is 15.0 Å². The zero-order valence-corrected chi connectivity index (χ0v) is 18.3. The summed E-state index contributed by atoms with van der Waals surface area (Å²) < 4.78 is 50.8. The van der Waals surface area contributed by atoms with Gasteiger partial charge in [0.1, 0.15) is 35.7 Å². The molecule has 1 fully saturated rings. The van der Waals surface area contributed by atoms with E-state index in [0.29, 0.717) is 10.9 Å². The van der Waals surface area contributed by atoms with E-state index in [1.165, 1.54) is 18.2 Å². The molecule has 2 heterocycles. The van der Waals surface area contributed by atoms with Gasteiger partial charge in [0, 0.05) is 17.5 Å². The van der Waals surface area contributed by atoms with Crippen molar-refractivity contribution < 1.29 is 71.7 Å². The van der Waals surface area contributed by atoms with E-state index in [1.54, 1.807) is 17.7 Å². The number of fused-ring (bicyclic) bond motifs is 1. The van der Waals surface area contributed by atoms with Gasteiger partial charge < -0.3 is 33.8 Å². The van der Waals surface area contributed by atoms with Crippen molar-refractivity contribution in [3.8, 4) is 5.75 Å². The van der Waals surface area contributed by atoms with Gasteiger partial charge in [-0.05, 0) is 24.6 Å². The fraction of sp³-hybridized carbons (Fsp3) is 0.438. The van der Waals surface area contributed by atoms with Crippen LogP contribution in [0.3, 0.4) is 0 Å². The molecule has 0 spiro atoms. The molecule has 5 atom stereocenters. The molecule has 3 unspecified atom stereocenters. The minimum Gasteiger partial charge on any atom is -0.735 e.